The number of nitrogens with zero attached hydrogens (tertiary/aromatic N) is 1. The van der Waals surface area contributed by atoms with Gasteiger partial charge in [-0.25, -0.2) is 0 Å². The molecule has 3 rings (SSSR count). The second kappa shape index (κ2) is 9.55. The number of hydrogen-bond donors (Lipinski definition) is 1. The number of benzene rings is 2. The molecule has 0 saturated carbocycles. The Balaban J connectivity index is 1.58. The molecule has 1 atom stereocenters. The fourth-order valence-electron chi connectivity index (χ4n) is 3.02. The first-order valence-corrected chi connectivity index (χ1v) is 9.98. The van der Waals surface area contributed by atoms with Crippen LogP contribution in [0.2, 0.25) is 15.1 Å². The van der Waals surface area contributed by atoms with Crippen molar-refractivity contribution in [1.82, 2.24) is 0 Å². The molecule has 0 radical (unpaired) electrons. The molecule has 1 N–H and O–H groups in total. The molecule has 2 aromatic carbocycles. The molecular weight excluding hydrogens is 455 g/mol. The number of halogens is 3. The summed E-state index contributed by atoms with van der Waals surface area (Å²) in [6.07, 6.45) is -0.0502. The largest absolute Gasteiger partial charge is 0.495 e. The first kappa shape index (κ1) is 22.2. The summed E-state index contributed by atoms with van der Waals surface area (Å²) in [6, 6.07) is 9.65. The Hall–Kier alpha value is -2.48. The van der Waals surface area contributed by atoms with Crippen molar-refractivity contribution in [3.63, 3.8) is 0 Å². The lowest BCUT2D eigenvalue weighted by Gasteiger charge is -2.18. The molecule has 1 saturated heterocycles. The highest BCUT2D eigenvalue weighted by molar-refractivity contribution is 6.44. The fourth-order valence-corrected chi connectivity index (χ4v) is 3.59. The summed E-state index contributed by atoms with van der Waals surface area (Å²) in [6.45, 7) is -0.432. The van der Waals surface area contributed by atoms with Crippen LogP contribution in [0.5, 0.6) is 5.75 Å². The second-order valence-electron chi connectivity index (χ2n) is 6.48. The Morgan fingerprint density at radius 3 is 2.70 bits per heavy atom. The van der Waals surface area contributed by atoms with Crippen molar-refractivity contribution >= 4 is 64.0 Å². The van der Waals surface area contributed by atoms with Gasteiger partial charge in [0.15, 0.2) is 6.61 Å². The average molecular weight is 472 g/mol. The SMILES string of the molecule is COc1ccc(Cl)cc1NC(=O)COC(=O)[C@@H]1CC(=O)N(c2cccc(Cl)c2Cl)C1. The van der Waals surface area contributed by atoms with Crippen molar-refractivity contribution in [2.24, 2.45) is 5.92 Å². The van der Waals surface area contributed by atoms with E-state index in [0.717, 1.165) is 0 Å². The molecule has 0 aliphatic carbocycles. The summed E-state index contributed by atoms with van der Waals surface area (Å²) in [7, 11) is 1.45. The summed E-state index contributed by atoms with van der Waals surface area (Å²) >= 11 is 18.1. The van der Waals surface area contributed by atoms with E-state index in [2.05, 4.69) is 5.32 Å². The van der Waals surface area contributed by atoms with Gasteiger partial charge in [-0.3, -0.25) is 14.4 Å². The van der Waals surface area contributed by atoms with Crippen molar-refractivity contribution in [1.29, 1.82) is 0 Å². The highest BCUT2D eigenvalue weighted by Gasteiger charge is 2.37. The molecule has 158 valence electrons. The van der Waals surface area contributed by atoms with E-state index in [1.807, 2.05) is 0 Å². The molecule has 10 heteroatoms. The maximum Gasteiger partial charge on any atom is 0.311 e. The van der Waals surface area contributed by atoms with Crippen LogP contribution in [0.15, 0.2) is 36.4 Å². The van der Waals surface area contributed by atoms with Crippen LogP contribution in [0.25, 0.3) is 0 Å². The Kier molecular flexibility index (Phi) is 7.07. The minimum atomic E-state index is -0.721. The van der Waals surface area contributed by atoms with Crippen molar-refractivity contribution in [2.75, 3.05) is 30.5 Å². The Morgan fingerprint density at radius 2 is 1.97 bits per heavy atom. The van der Waals surface area contributed by atoms with Gasteiger partial charge in [0.1, 0.15) is 5.75 Å². The molecule has 7 nitrogen and oxygen atoms in total. The van der Waals surface area contributed by atoms with Crippen LogP contribution in [0.1, 0.15) is 6.42 Å². The van der Waals surface area contributed by atoms with Crippen LogP contribution >= 0.6 is 34.8 Å². The lowest BCUT2D eigenvalue weighted by Crippen LogP contribution is -2.28. The number of nitrogens with one attached hydrogen (secondary N) is 1. The summed E-state index contributed by atoms with van der Waals surface area (Å²) in [5.74, 6) is -1.81. The Bertz CT molecular complexity index is 998. The third kappa shape index (κ3) is 4.98. The van der Waals surface area contributed by atoms with Gasteiger partial charge < -0.3 is 19.7 Å². The van der Waals surface area contributed by atoms with Crippen molar-refractivity contribution in [2.45, 2.75) is 6.42 Å². The fraction of sp³-hybridized carbons (Fsp3) is 0.250. The van der Waals surface area contributed by atoms with Gasteiger partial charge in [0.25, 0.3) is 5.91 Å². The number of hydrogen-bond acceptors (Lipinski definition) is 5. The van der Waals surface area contributed by atoms with E-state index in [-0.39, 0.29) is 23.9 Å². The van der Waals surface area contributed by atoms with Crippen LogP contribution in [-0.4, -0.2) is 38.0 Å². The number of ether oxygens (including phenoxy) is 2. The molecular formula is C20H17Cl3N2O5. The van der Waals surface area contributed by atoms with Gasteiger partial charge in [0, 0.05) is 18.0 Å². The number of anilines is 2. The van der Waals surface area contributed by atoms with Crippen LogP contribution in [0.3, 0.4) is 0 Å². The number of amides is 2. The molecule has 1 aliphatic heterocycles. The zero-order valence-electron chi connectivity index (χ0n) is 15.8. The number of methoxy groups -OCH3 is 1. The molecule has 0 unspecified atom stereocenters. The van der Waals surface area contributed by atoms with Crippen molar-refractivity contribution in [3.8, 4) is 5.75 Å². The normalized spacial score (nSPS) is 15.8. The predicted molar refractivity (Wildman–Crippen MR) is 115 cm³/mol. The molecule has 2 aromatic rings. The Labute approximate surface area is 187 Å². The smallest absolute Gasteiger partial charge is 0.311 e. The molecule has 2 amide bonds. The van der Waals surface area contributed by atoms with Crippen LogP contribution in [0, 0.1) is 5.92 Å². The van der Waals surface area contributed by atoms with Gasteiger partial charge in [0.05, 0.1) is 34.4 Å². The van der Waals surface area contributed by atoms with E-state index in [1.165, 1.54) is 18.1 Å². The topological polar surface area (TPSA) is 84.9 Å². The number of esters is 1. The van der Waals surface area contributed by atoms with E-state index in [0.29, 0.717) is 27.2 Å². The predicted octanol–water partition coefficient (Wildman–Crippen LogP) is 4.19. The minimum absolute atomic E-state index is 0.0502. The van der Waals surface area contributed by atoms with Crippen LogP contribution in [-0.2, 0) is 19.1 Å². The first-order valence-electron chi connectivity index (χ1n) is 8.84. The lowest BCUT2D eigenvalue weighted by atomic mass is 10.1. The zero-order valence-corrected chi connectivity index (χ0v) is 18.1. The average Bonchev–Trinajstić information content (AvgIpc) is 3.10. The second-order valence-corrected chi connectivity index (χ2v) is 7.70. The zero-order chi connectivity index (χ0) is 21.8. The molecule has 1 fully saturated rings. The maximum atomic E-state index is 12.4. The van der Waals surface area contributed by atoms with E-state index >= 15 is 0 Å². The highest BCUT2D eigenvalue weighted by Crippen LogP contribution is 2.36. The first-order chi connectivity index (χ1) is 14.3. The van der Waals surface area contributed by atoms with E-state index in [1.54, 1.807) is 30.3 Å². The van der Waals surface area contributed by atoms with E-state index in [9.17, 15) is 14.4 Å². The quantitative estimate of drug-likeness (QED) is 0.639. The van der Waals surface area contributed by atoms with Gasteiger partial charge in [0.2, 0.25) is 5.91 Å². The van der Waals surface area contributed by atoms with E-state index < -0.39 is 24.4 Å². The third-order valence-corrected chi connectivity index (χ3v) is 5.51. The molecule has 30 heavy (non-hydrogen) atoms. The van der Waals surface area contributed by atoms with E-state index in [4.69, 9.17) is 44.3 Å². The van der Waals surface area contributed by atoms with Crippen LogP contribution in [0.4, 0.5) is 11.4 Å². The monoisotopic (exact) mass is 470 g/mol. The number of rotatable bonds is 6. The molecule has 0 bridgehead atoms. The van der Waals surface area contributed by atoms with Crippen LogP contribution < -0.4 is 15.0 Å². The van der Waals surface area contributed by atoms with Gasteiger partial charge in [-0.2, -0.15) is 0 Å². The molecule has 0 aromatic heterocycles. The minimum Gasteiger partial charge on any atom is -0.495 e. The summed E-state index contributed by atoms with van der Waals surface area (Å²) in [4.78, 5) is 38.2. The summed E-state index contributed by atoms with van der Waals surface area (Å²) in [5, 5.41) is 3.52. The van der Waals surface area contributed by atoms with Gasteiger partial charge in [-0.15, -0.1) is 0 Å². The lowest BCUT2D eigenvalue weighted by molar-refractivity contribution is -0.151. The molecule has 1 aliphatic rings. The summed E-state index contributed by atoms with van der Waals surface area (Å²) in [5.41, 5.74) is 0.777. The van der Waals surface area contributed by atoms with Gasteiger partial charge in [-0.05, 0) is 30.3 Å². The van der Waals surface area contributed by atoms with Gasteiger partial charge in [-0.1, -0.05) is 40.9 Å². The molecule has 0 spiro atoms. The Morgan fingerprint density at radius 1 is 1.20 bits per heavy atom. The third-order valence-electron chi connectivity index (χ3n) is 4.46. The number of carbonyl (C=O) groups is 3. The highest BCUT2D eigenvalue weighted by atomic mass is 35.5. The summed E-state index contributed by atoms with van der Waals surface area (Å²) < 4.78 is 10.2. The molecule has 1 heterocycles. The van der Waals surface area contributed by atoms with Gasteiger partial charge >= 0.3 is 5.97 Å². The standard InChI is InChI=1S/C20H17Cl3N2O5/c1-29-16-6-5-12(21)8-14(16)24-17(26)10-30-20(28)11-7-18(27)25(9-11)15-4-2-3-13(22)19(15)23/h2-6,8,11H,7,9-10H2,1H3,(H,24,26)/t11-/m1/s1. The van der Waals surface area contributed by atoms with Crippen molar-refractivity contribution in [3.05, 3.63) is 51.5 Å². The maximum absolute atomic E-state index is 12.4. The number of carbonyl (C=O) groups excluding carboxylic acids is 3. The van der Waals surface area contributed by atoms with Crippen molar-refractivity contribution < 1.29 is 23.9 Å².